The van der Waals surface area contributed by atoms with Crippen LogP contribution < -0.4 is 21.1 Å². The van der Waals surface area contributed by atoms with Crippen LogP contribution in [0.15, 0.2) is 29.3 Å². The predicted molar refractivity (Wildman–Crippen MR) is 147 cm³/mol. The summed E-state index contributed by atoms with van der Waals surface area (Å²) in [5.41, 5.74) is 1.76. The molecule has 0 unspecified atom stereocenters. The molecular formula is C24H25B4N7O2. The summed E-state index contributed by atoms with van der Waals surface area (Å²) in [6, 6.07) is 3.61. The van der Waals surface area contributed by atoms with Crippen LogP contribution in [0, 0.1) is 6.92 Å². The molecule has 0 bridgehead atoms. The first kappa shape index (κ1) is 25.6. The number of fused-ring (bicyclic) bond motifs is 1. The highest BCUT2D eigenvalue weighted by molar-refractivity contribution is 6.45. The number of hydrogen-bond donors (Lipinski definition) is 2. The van der Waals surface area contributed by atoms with Crippen LogP contribution in [-0.4, -0.2) is 80.5 Å². The van der Waals surface area contributed by atoms with Gasteiger partial charge < -0.3 is 15.5 Å². The summed E-state index contributed by atoms with van der Waals surface area (Å²) < 4.78 is 1.68. The first-order chi connectivity index (χ1) is 17.4. The van der Waals surface area contributed by atoms with E-state index in [1.807, 2.05) is 11.0 Å². The van der Waals surface area contributed by atoms with Crippen molar-refractivity contribution < 1.29 is 4.79 Å². The number of aryl methyl sites for hydroxylation is 1. The zero-order valence-corrected chi connectivity index (χ0v) is 21.0. The molecule has 0 aromatic carbocycles. The third-order valence-electron chi connectivity index (χ3n) is 6.97. The largest absolute Gasteiger partial charge is 0.370 e. The minimum atomic E-state index is -1.26. The van der Waals surface area contributed by atoms with Crippen molar-refractivity contribution in [3.63, 3.8) is 0 Å². The highest BCUT2D eigenvalue weighted by Crippen LogP contribution is 2.32. The molecule has 1 saturated heterocycles. The van der Waals surface area contributed by atoms with Crippen molar-refractivity contribution in [3.05, 3.63) is 46.0 Å². The highest BCUT2D eigenvalue weighted by atomic mass is 16.1. The highest BCUT2D eigenvalue weighted by Gasteiger charge is 2.35. The van der Waals surface area contributed by atoms with E-state index in [1.54, 1.807) is 30.0 Å². The number of Topliss-reactive ketones (excluding diaryl/α,β-unsaturated/α-hetero) is 1. The van der Waals surface area contributed by atoms with Crippen molar-refractivity contribution in [1.29, 1.82) is 0 Å². The normalized spacial score (nSPS) is 19.2. The second-order valence-electron chi connectivity index (χ2n) is 10.2. The number of rotatable bonds is 5. The van der Waals surface area contributed by atoms with Gasteiger partial charge in [-0.3, -0.25) is 14.2 Å². The molecule has 2 fully saturated rings. The van der Waals surface area contributed by atoms with E-state index in [4.69, 9.17) is 36.4 Å². The van der Waals surface area contributed by atoms with E-state index >= 15 is 0 Å². The van der Waals surface area contributed by atoms with Crippen LogP contribution >= 0.6 is 0 Å². The SMILES string of the molecule is [B]C1([B])CN(c2ccc(Nc3ncc4c(C)c(C(C)=O)c(=O)n(C5CCCC5)c4n3)nc2)CC([B])([B])N1. The van der Waals surface area contributed by atoms with E-state index in [1.165, 1.54) is 6.92 Å². The molecule has 0 amide bonds. The number of ketones is 1. The molecule has 3 aromatic rings. The molecule has 4 heterocycles. The second-order valence-corrected chi connectivity index (χ2v) is 10.2. The number of pyridine rings is 2. The average molecular weight is 487 g/mol. The molecule has 1 saturated carbocycles. The maximum Gasteiger partial charge on any atom is 0.263 e. The summed E-state index contributed by atoms with van der Waals surface area (Å²) in [7, 11) is 24.1. The Morgan fingerprint density at radius 3 is 2.35 bits per heavy atom. The summed E-state index contributed by atoms with van der Waals surface area (Å²) in [6.07, 6.45) is 7.11. The first-order valence-corrected chi connectivity index (χ1v) is 12.3. The van der Waals surface area contributed by atoms with E-state index in [9.17, 15) is 9.59 Å². The first-order valence-electron chi connectivity index (χ1n) is 12.3. The van der Waals surface area contributed by atoms with E-state index in [0.29, 0.717) is 28.4 Å². The van der Waals surface area contributed by atoms with E-state index in [-0.39, 0.29) is 36.0 Å². The van der Waals surface area contributed by atoms with Gasteiger partial charge in [0.1, 0.15) is 11.5 Å². The van der Waals surface area contributed by atoms with Crippen LogP contribution in [-0.2, 0) is 0 Å². The summed E-state index contributed by atoms with van der Waals surface area (Å²) >= 11 is 0. The van der Waals surface area contributed by atoms with Gasteiger partial charge in [0.15, 0.2) is 5.78 Å². The summed E-state index contributed by atoms with van der Waals surface area (Å²) in [5, 5.41) is 4.09. The molecule has 1 aliphatic heterocycles. The minimum Gasteiger partial charge on any atom is -0.370 e. The van der Waals surface area contributed by atoms with Gasteiger partial charge in [0, 0.05) is 30.7 Å². The number of anilines is 3. The third-order valence-corrected chi connectivity index (χ3v) is 6.97. The van der Waals surface area contributed by atoms with E-state index in [0.717, 1.165) is 31.4 Å². The number of nitrogens with zero attached hydrogens (tertiary/aromatic N) is 5. The number of carbonyl (C=O) groups excluding carboxylic acids is 1. The van der Waals surface area contributed by atoms with Crippen molar-refractivity contribution in [1.82, 2.24) is 24.8 Å². The molecule has 0 spiro atoms. The fourth-order valence-electron chi connectivity index (χ4n) is 5.45. The lowest BCUT2D eigenvalue weighted by Crippen LogP contribution is -2.73. The number of carbonyl (C=O) groups is 1. The van der Waals surface area contributed by atoms with Crippen molar-refractivity contribution in [3.8, 4) is 0 Å². The quantitative estimate of drug-likeness (QED) is 0.406. The number of nitrogens with one attached hydrogen (secondary N) is 2. The Kier molecular flexibility index (Phi) is 6.46. The number of piperazine rings is 1. The monoisotopic (exact) mass is 487 g/mol. The van der Waals surface area contributed by atoms with Gasteiger partial charge in [-0.25, -0.2) is 9.97 Å². The maximum atomic E-state index is 13.4. The minimum absolute atomic E-state index is 0.00214. The lowest BCUT2D eigenvalue weighted by atomic mass is 9.52. The Labute approximate surface area is 220 Å². The van der Waals surface area contributed by atoms with Crippen LogP contribution in [0.1, 0.15) is 54.6 Å². The van der Waals surface area contributed by atoms with Crippen LogP contribution in [0.3, 0.4) is 0 Å². The van der Waals surface area contributed by atoms with Gasteiger partial charge in [-0.1, -0.05) is 12.8 Å². The van der Waals surface area contributed by atoms with E-state index in [2.05, 4.69) is 20.6 Å². The van der Waals surface area contributed by atoms with Crippen molar-refractivity contribution in [2.24, 2.45) is 0 Å². The standard InChI is InChI=1S/C24H25B4N7O2/c1-13-17-10-30-22(32-20(17)35(15-5-3-4-6-15)21(37)19(13)14(2)36)31-18-8-7-16(9-29-18)34-11-23(25,26)33-24(27,28)12-34/h7-10,15,33H,3-6,11-12H2,1-2H3,(H,29,30,31,32). The molecule has 9 nitrogen and oxygen atoms in total. The Balaban J connectivity index is 1.47. The van der Waals surface area contributed by atoms with Gasteiger partial charge in [-0.05, 0) is 55.1 Å². The lowest BCUT2D eigenvalue weighted by molar-refractivity contribution is 0.101. The maximum absolute atomic E-state index is 13.4. The van der Waals surface area contributed by atoms with Crippen molar-refractivity contribution >= 4 is 65.7 Å². The summed E-state index contributed by atoms with van der Waals surface area (Å²) in [5.74, 6) is 0.542. The smallest absolute Gasteiger partial charge is 0.263 e. The zero-order chi connectivity index (χ0) is 26.5. The van der Waals surface area contributed by atoms with E-state index < -0.39 is 10.7 Å². The number of hydrogen-bond acceptors (Lipinski definition) is 8. The molecule has 37 heavy (non-hydrogen) atoms. The Bertz CT molecular complexity index is 1400. The Morgan fingerprint density at radius 2 is 1.76 bits per heavy atom. The molecule has 3 aromatic heterocycles. The molecule has 0 atom stereocenters. The molecule has 5 rings (SSSR count). The predicted octanol–water partition coefficient (Wildman–Crippen LogP) is 0.947. The van der Waals surface area contributed by atoms with Gasteiger partial charge >= 0.3 is 0 Å². The molecule has 180 valence electrons. The molecule has 2 N–H and O–H groups in total. The van der Waals surface area contributed by atoms with Crippen molar-refractivity contribution in [2.75, 3.05) is 23.3 Å². The van der Waals surface area contributed by atoms with Gasteiger partial charge in [-0.15, -0.1) is 0 Å². The number of aromatic nitrogens is 4. The van der Waals surface area contributed by atoms with Gasteiger partial charge in [0.2, 0.25) is 5.95 Å². The molecule has 1 aliphatic carbocycles. The van der Waals surface area contributed by atoms with Crippen LogP contribution in [0.25, 0.3) is 11.0 Å². The molecule has 8 radical (unpaired) electrons. The lowest BCUT2D eigenvalue weighted by Gasteiger charge is -2.51. The topological polar surface area (TPSA) is 105 Å². The zero-order valence-electron chi connectivity index (χ0n) is 21.0. The van der Waals surface area contributed by atoms with Crippen LogP contribution in [0.4, 0.5) is 17.5 Å². The van der Waals surface area contributed by atoms with Crippen molar-refractivity contribution in [2.45, 2.75) is 56.2 Å². The van der Waals surface area contributed by atoms with Crippen LogP contribution in [0.2, 0.25) is 0 Å². The fourth-order valence-corrected chi connectivity index (χ4v) is 5.45. The fraction of sp³-hybridized carbons (Fsp3) is 0.458. The summed E-state index contributed by atoms with van der Waals surface area (Å²) in [4.78, 5) is 41.1. The molecule has 2 aliphatic rings. The average Bonchev–Trinajstić information content (AvgIpc) is 3.32. The van der Waals surface area contributed by atoms with Gasteiger partial charge in [-0.2, -0.15) is 4.98 Å². The molecular weight excluding hydrogens is 462 g/mol. The third kappa shape index (κ3) is 5.06. The Morgan fingerprint density at radius 1 is 1.08 bits per heavy atom. The van der Waals surface area contributed by atoms with Gasteiger partial charge in [0.25, 0.3) is 5.56 Å². The molecule has 13 heteroatoms. The van der Waals surface area contributed by atoms with Gasteiger partial charge in [0.05, 0.1) is 48.8 Å². The summed E-state index contributed by atoms with van der Waals surface area (Å²) in [6.45, 7) is 3.75. The second kappa shape index (κ2) is 9.35. The Hall–Kier alpha value is -3.07. The van der Waals surface area contributed by atoms with Crippen LogP contribution in [0.5, 0.6) is 0 Å².